The lowest BCUT2D eigenvalue weighted by Crippen LogP contribution is -2.11. The number of amides is 1. The maximum absolute atomic E-state index is 12.2. The van der Waals surface area contributed by atoms with Crippen molar-refractivity contribution in [3.63, 3.8) is 0 Å². The number of rotatable bonds is 4. The van der Waals surface area contributed by atoms with E-state index < -0.39 is 5.97 Å². The predicted molar refractivity (Wildman–Crippen MR) is 79.9 cm³/mol. The molecule has 0 saturated heterocycles. The van der Waals surface area contributed by atoms with Crippen LogP contribution in [-0.4, -0.2) is 22.0 Å². The Balaban J connectivity index is 1.67. The fourth-order valence-electron chi connectivity index (χ4n) is 2.39. The second-order valence-corrected chi connectivity index (χ2v) is 6.11. The van der Waals surface area contributed by atoms with E-state index in [0.29, 0.717) is 16.3 Å². The summed E-state index contributed by atoms with van der Waals surface area (Å²) in [6.07, 6.45) is 4.67. The zero-order valence-corrected chi connectivity index (χ0v) is 12.1. The normalized spacial score (nSPS) is 13.0. The molecule has 1 aliphatic carbocycles. The van der Waals surface area contributed by atoms with Crippen LogP contribution >= 0.6 is 11.3 Å². The van der Waals surface area contributed by atoms with Gasteiger partial charge in [-0.25, -0.2) is 0 Å². The molecule has 1 amide bonds. The van der Waals surface area contributed by atoms with Gasteiger partial charge in [-0.2, -0.15) is 0 Å². The Morgan fingerprint density at radius 2 is 2.19 bits per heavy atom. The monoisotopic (exact) mass is 302 g/mol. The Bertz CT molecular complexity index is 670. The lowest BCUT2D eigenvalue weighted by Gasteiger charge is -2.04. The Kier molecular flexibility index (Phi) is 3.70. The van der Waals surface area contributed by atoms with Crippen LogP contribution in [0.3, 0.4) is 0 Å². The van der Waals surface area contributed by atoms with Crippen LogP contribution in [0.4, 0.5) is 5.69 Å². The molecule has 0 unspecified atom stereocenters. The van der Waals surface area contributed by atoms with Crippen molar-refractivity contribution < 1.29 is 14.7 Å². The second kappa shape index (κ2) is 5.65. The standard InChI is InChI=1S/C15H14N2O3S/c18-14(19)7-10-4-5-11(8-16-10)17-15(20)13-6-9-2-1-3-12(9)21-13/h4-6,8H,1-3,7H2,(H,17,20)(H,18,19). The van der Waals surface area contributed by atoms with Gasteiger partial charge in [0.05, 0.1) is 28.9 Å². The van der Waals surface area contributed by atoms with Gasteiger partial charge < -0.3 is 10.4 Å². The quantitative estimate of drug-likeness (QED) is 0.909. The molecule has 5 nitrogen and oxygen atoms in total. The number of nitrogens with one attached hydrogen (secondary N) is 1. The van der Waals surface area contributed by atoms with Gasteiger partial charge in [-0.15, -0.1) is 11.3 Å². The number of aliphatic carboxylic acids is 1. The summed E-state index contributed by atoms with van der Waals surface area (Å²) in [5.41, 5.74) is 2.33. The topological polar surface area (TPSA) is 79.3 Å². The molecule has 108 valence electrons. The van der Waals surface area contributed by atoms with Gasteiger partial charge >= 0.3 is 5.97 Å². The van der Waals surface area contributed by atoms with E-state index in [0.717, 1.165) is 12.8 Å². The fourth-order valence-corrected chi connectivity index (χ4v) is 3.54. The van der Waals surface area contributed by atoms with E-state index in [1.54, 1.807) is 23.5 Å². The first-order chi connectivity index (χ1) is 10.1. The third-order valence-corrected chi connectivity index (χ3v) is 4.62. The lowest BCUT2D eigenvalue weighted by molar-refractivity contribution is -0.136. The third-order valence-electron chi connectivity index (χ3n) is 3.39. The van der Waals surface area contributed by atoms with Gasteiger partial charge in [0.25, 0.3) is 5.91 Å². The highest BCUT2D eigenvalue weighted by atomic mass is 32.1. The number of aryl methyl sites for hydroxylation is 2. The SMILES string of the molecule is O=C(O)Cc1ccc(NC(=O)c2cc3c(s2)CCC3)cn1. The smallest absolute Gasteiger partial charge is 0.309 e. The van der Waals surface area contributed by atoms with Crippen molar-refractivity contribution in [3.8, 4) is 0 Å². The summed E-state index contributed by atoms with van der Waals surface area (Å²) >= 11 is 1.55. The van der Waals surface area contributed by atoms with Crippen LogP contribution in [-0.2, 0) is 24.1 Å². The molecule has 1 aliphatic rings. The van der Waals surface area contributed by atoms with Gasteiger partial charge in [0.1, 0.15) is 0 Å². The van der Waals surface area contributed by atoms with Gasteiger partial charge in [0.2, 0.25) is 0 Å². The summed E-state index contributed by atoms with van der Waals surface area (Å²) < 4.78 is 0. The van der Waals surface area contributed by atoms with Gasteiger partial charge in [0.15, 0.2) is 0 Å². The third kappa shape index (κ3) is 3.11. The molecule has 3 rings (SSSR count). The number of carboxylic acids is 1. The minimum Gasteiger partial charge on any atom is -0.481 e. The van der Waals surface area contributed by atoms with E-state index >= 15 is 0 Å². The molecule has 0 radical (unpaired) electrons. The number of thiophene rings is 1. The van der Waals surface area contributed by atoms with E-state index in [-0.39, 0.29) is 12.3 Å². The summed E-state index contributed by atoms with van der Waals surface area (Å²) in [6.45, 7) is 0. The van der Waals surface area contributed by atoms with Crippen LogP contribution in [0.5, 0.6) is 0 Å². The van der Waals surface area contributed by atoms with Crippen LogP contribution in [0.15, 0.2) is 24.4 Å². The number of fused-ring (bicyclic) bond motifs is 1. The number of carboxylic acid groups (broad SMARTS) is 1. The zero-order chi connectivity index (χ0) is 14.8. The van der Waals surface area contributed by atoms with Crippen molar-refractivity contribution in [2.75, 3.05) is 5.32 Å². The molecule has 0 fully saturated rings. The Morgan fingerprint density at radius 3 is 2.86 bits per heavy atom. The average molecular weight is 302 g/mol. The molecule has 6 heteroatoms. The molecule has 21 heavy (non-hydrogen) atoms. The molecule has 2 heterocycles. The second-order valence-electron chi connectivity index (χ2n) is 4.98. The molecule has 2 aromatic rings. The van der Waals surface area contributed by atoms with Crippen molar-refractivity contribution in [2.24, 2.45) is 0 Å². The van der Waals surface area contributed by atoms with Crippen molar-refractivity contribution in [3.05, 3.63) is 45.4 Å². The Labute approximate surface area is 125 Å². The summed E-state index contributed by atoms with van der Waals surface area (Å²) in [5, 5.41) is 11.5. The van der Waals surface area contributed by atoms with Gasteiger partial charge in [-0.05, 0) is 43.0 Å². The molecule has 2 N–H and O–H groups in total. The maximum Gasteiger partial charge on any atom is 0.309 e. The maximum atomic E-state index is 12.2. The first-order valence-corrected chi connectivity index (χ1v) is 7.53. The molecular weight excluding hydrogens is 288 g/mol. The number of pyridine rings is 1. The van der Waals surface area contributed by atoms with Crippen molar-refractivity contribution in [1.29, 1.82) is 0 Å². The first-order valence-electron chi connectivity index (χ1n) is 6.71. The van der Waals surface area contributed by atoms with Crippen LogP contribution in [0.1, 0.15) is 32.2 Å². The lowest BCUT2D eigenvalue weighted by atomic mass is 10.2. The summed E-state index contributed by atoms with van der Waals surface area (Å²) in [4.78, 5) is 28.8. The first kappa shape index (κ1) is 13.8. The molecule has 2 aromatic heterocycles. The largest absolute Gasteiger partial charge is 0.481 e. The van der Waals surface area contributed by atoms with Crippen LogP contribution in [0.25, 0.3) is 0 Å². The number of anilines is 1. The average Bonchev–Trinajstić information content (AvgIpc) is 3.01. The van der Waals surface area contributed by atoms with Crippen molar-refractivity contribution >= 4 is 28.9 Å². The van der Waals surface area contributed by atoms with E-state index in [4.69, 9.17) is 5.11 Å². The highest BCUT2D eigenvalue weighted by Crippen LogP contribution is 2.30. The van der Waals surface area contributed by atoms with Crippen LogP contribution in [0.2, 0.25) is 0 Å². The molecule has 0 spiro atoms. The van der Waals surface area contributed by atoms with Gasteiger partial charge in [-0.1, -0.05) is 0 Å². The minimum absolute atomic E-state index is 0.119. The Hall–Kier alpha value is -2.21. The number of carbonyl (C=O) groups is 2. The molecule has 0 bridgehead atoms. The summed E-state index contributed by atoms with van der Waals surface area (Å²) in [7, 11) is 0. The highest BCUT2D eigenvalue weighted by molar-refractivity contribution is 7.14. The molecule has 0 atom stereocenters. The summed E-state index contributed by atoms with van der Waals surface area (Å²) in [6, 6.07) is 5.25. The summed E-state index contributed by atoms with van der Waals surface area (Å²) in [5.74, 6) is -1.06. The number of hydrogen-bond donors (Lipinski definition) is 2. The van der Waals surface area contributed by atoms with Gasteiger partial charge in [0, 0.05) is 4.88 Å². The molecule has 0 saturated carbocycles. The van der Waals surface area contributed by atoms with Crippen molar-refractivity contribution in [1.82, 2.24) is 4.98 Å². The number of aromatic nitrogens is 1. The van der Waals surface area contributed by atoms with Crippen LogP contribution < -0.4 is 5.32 Å². The van der Waals surface area contributed by atoms with E-state index in [2.05, 4.69) is 10.3 Å². The van der Waals surface area contributed by atoms with E-state index in [1.807, 2.05) is 6.07 Å². The Morgan fingerprint density at radius 1 is 1.33 bits per heavy atom. The molecule has 0 aliphatic heterocycles. The zero-order valence-electron chi connectivity index (χ0n) is 11.3. The van der Waals surface area contributed by atoms with Gasteiger partial charge in [-0.3, -0.25) is 14.6 Å². The van der Waals surface area contributed by atoms with Crippen molar-refractivity contribution in [2.45, 2.75) is 25.7 Å². The van der Waals surface area contributed by atoms with E-state index in [1.165, 1.54) is 23.1 Å². The fraction of sp³-hybridized carbons (Fsp3) is 0.267. The minimum atomic E-state index is -0.924. The number of nitrogens with zero attached hydrogens (tertiary/aromatic N) is 1. The predicted octanol–water partition coefficient (Wildman–Crippen LogP) is 2.51. The van der Waals surface area contributed by atoms with E-state index in [9.17, 15) is 9.59 Å². The molecular formula is C15H14N2O3S. The number of carbonyl (C=O) groups excluding carboxylic acids is 1. The molecule has 0 aromatic carbocycles. The highest BCUT2D eigenvalue weighted by Gasteiger charge is 2.18. The number of hydrogen-bond acceptors (Lipinski definition) is 4. The van der Waals surface area contributed by atoms with Crippen LogP contribution in [0, 0.1) is 0 Å².